The molecule has 1 heterocycles. The fraction of sp³-hybridized carbons (Fsp3) is 0.250. The number of pyridine rings is 1. The monoisotopic (exact) mass is 297 g/mol. The first-order chi connectivity index (χ1) is 10.3. The second-order valence-corrected chi connectivity index (χ2v) is 5.79. The maximum Gasteiger partial charge on any atom is 0.287 e. The van der Waals surface area contributed by atoms with Crippen molar-refractivity contribution in [3.63, 3.8) is 0 Å². The lowest BCUT2D eigenvalue weighted by Crippen LogP contribution is -2.13. The second kappa shape index (κ2) is 5.82. The molecule has 1 aromatic heterocycles. The summed E-state index contributed by atoms with van der Waals surface area (Å²) >= 11 is 0. The minimum Gasteiger partial charge on any atom is -0.439 e. The Labute approximate surface area is 128 Å². The van der Waals surface area contributed by atoms with Gasteiger partial charge in [0.25, 0.3) is 5.69 Å². The van der Waals surface area contributed by atoms with Crippen molar-refractivity contribution in [3.05, 3.63) is 57.8 Å². The Morgan fingerprint density at radius 1 is 1.27 bits per heavy atom. The second-order valence-electron chi connectivity index (χ2n) is 5.79. The fourth-order valence-electron chi connectivity index (χ4n) is 1.93. The Kier molecular flexibility index (Phi) is 4.08. The summed E-state index contributed by atoms with van der Waals surface area (Å²) in [5.41, 5.74) is 1.10. The van der Waals surface area contributed by atoms with Gasteiger partial charge in [-0.05, 0) is 23.6 Å². The first-order valence-electron chi connectivity index (χ1n) is 6.64. The molecule has 0 aliphatic carbocycles. The number of aromatic nitrogens is 1. The molecule has 0 unspecified atom stereocenters. The van der Waals surface area contributed by atoms with Gasteiger partial charge in [-0.1, -0.05) is 20.8 Å². The van der Waals surface area contributed by atoms with Gasteiger partial charge in [-0.2, -0.15) is 5.26 Å². The molecule has 6 nitrogen and oxygen atoms in total. The number of hydrogen-bond donors (Lipinski definition) is 0. The number of nitro groups is 1. The molecule has 112 valence electrons. The van der Waals surface area contributed by atoms with E-state index in [-0.39, 0.29) is 17.0 Å². The van der Waals surface area contributed by atoms with E-state index in [0.717, 1.165) is 11.8 Å². The quantitative estimate of drug-likeness (QED) is 0.632. The molecule has 2 aromatic rings. The van der Waals surface area contributed by atoms with E-state index in [9.17, 15) is 10.1 Å². The Morgan fingerprint density at radius 2 is 2.00 bits per heavy atom. The number of rotatable bonds is 3. The maximum absolute atomic E-state index is 10.6. The molecule has 0 saturated heterocycles. The SMILES string of the molecule is CC(C)(C)c1cc(C#N)ccc1Oc1ccc([N+](=O)[O-])cn1. The highest BCUT2D eigenvalue weighted by Crippen LogP contribution is 2.34. The molecule has 1 aromatic carbocycles. The molecule has 0 aliphatic rings. The summed E-state index contributed by atoms with van der Waals surface area (Å²) in [7, 11) is 0. The van der Waals surface area contributed by atoms with E-state index in [1.165, 1.54) is 12.1 Å². The van der Waals surface area contributed by atoms with Gasteiger partial charge in [-0.15, -0.1) is 0 Å². The summed E-state index contributed by atoms with van der Waals surface area (Å²) in [4.78, 5) is 14.0. The van der Waals surface area contributed by atoms with Gasteiger partial charge >= 0.3 is 0 Å². The molecule has 6 heteroatoms. The summed E-state index contributed by atoms with van der Waals surface area (Å²) in [6, 6.07) is 10.0. The van der Waals surface area contributed by atoms with Crippen LogP contribution in [0.2, 0.25) is 0 Å². The third-order valence-corrected chi connectivity index (χ3v) is 3.06. The summed E-state index contributed by atoms with van der Waals surface area (Å²) in [5.74, 6) is 0.841. The molecule has 22 heavy (non-hydrogen) atoms. The van der Waals surface area contributed by atoms with Crippen LogP contribution in [0.1, 0.15) is 31.9 Å². The highest BCUT2D eigenvalue weighted by atomic mass is 16.6. The normalized spacial score (nSPS) is 10.8. The number of nitriles is 1. The Balaban J connectivity index is 2.37. The van der Waals surface area contributed by atoms with Crippen LogP contribution < -0.4 is 4.74 Å². The van der Waals surface area contributed by atoms with Gasteiger partial charge in [-0.25, -0.2) is 4.98 Å². The molecule has 0 spiro atoms. The molecule has 2 rings (SSSR count). The summed E-state index contributed by atoms with van der Waals surface area (Å²) in [5, 5.41) is 19.6. The average Bonchev–Trinajstić information content (AvgIpc) is 2.47. The largest absolute Gasteiger partial charge is 0.439 e. The predicted octanol–water partition coefficient (Wildman–Crippen LogP) is 3.95. The highest BCUT2D eigenvalue weighted by molar-refractivity contribution is 5.46. The van der Waals surface area contributed by atoms with E-state index >= 15 is 0 Å². The minimum atomic E-state index is -0.515. The third-order valence-electron chi connectivity index (χ3n) is 3.06. The lowest BCUT2D eigenvalue weighted by Gasteiger charge is -2.22. The lowest BCUT2D eigenvalue weighted by molar-refractivity contribution is -0.385. The van der Waals surface area contributed by atoms with E-state index in [4.69, 9.17) is 10.00 Å². The van der Waals surface area contributed by atoms with E-state index in [0.29, 0.717) is 11.3 Å². The molecule has 0 radical (unpaired) electrons. The van der Waals surface area contributed by atoms with Crippen LogP contribution in [0.25, 0.3) is 0 Å². The molecule has 0 bridgehead atoms. The average molecular weight is 297 g/mol. The van der Waals surface area contributed by atoms with Crippen molar-refractivity contribution in [1.29, 1.82) is 5.26 Å². The molecular weight excluding hydrogens is 282 g/mol. The van der Waals surface area contributed by atoms with Crippen molar-refractivity contribution < 1.29 is 9.66 Å². The zero-order valence-electron chi connectivity index (χ0n) is 12.5. The predicted molar refractivity (Wildman–Crippen MR) is 80.8 cm³/mol. The van der Waals surface area contributed by atoms with Crippen LogP contribution in [0.3, 0.4) is 0 Å². The zero-order chi connectivity index (χ0) is 16.3. The molecule has 0 N–H and O–H groups in total. The Morgan fingerprint density at radius 3 is 2.50 bits per heavy atom. The van der Waals surface area contributed by atoms with Crippen LogP contribution in [-0.2, 0) is 5.41 Å². The van der Waals surface area contributed by atoms with Crippen LogP contribution in [0.15, 0.2) is 36.5 Å². The molecular formula is C16H15N3O3. The van der Waals surface area contributed by atoms with Gasteiger partial charge < -0.3 is 4.74 Å². The van der Waals surface area contributed by atoms with Crippen molar-refractivity contribution in [1.82, 2.24) is 4.98 Å². The van der Waals surface area contributed by atoms with Crippen molar-refractivity contribution in [3.8, 4) is 17.7 Å². The van der Waals surface area contributed by atoms with Gasteiger partial charge in [-0.3, -0.25) is 10.1 Å². The van der Waals surface area contributed by atoms with Crippen LogP contribution in [0.4, 0.5) is 5.69 Å². The standard InChI is InChI=1S/C16H15N3O3/c1-16(2,3)13-8-11(9-17)4-6-14(13)22-15-7-5-12(10-18-15)19(20)21/h4-8,10H,1-3H3. The topological polar surface area (TPSA) is 89.0 Å². The number of nitrogens with zero attached hydrogens (tertiary/aromatic N) is 3. The van der Waals surface area contributed by atoms with Gasteiger partial charge in [0.15, 0.2) is 0 Å². The van der Waals surface area contributed by atoms with Crippen molar-refractivity contribution in [2.75, 3.05) is 0 Å². The number of ether oxygens (including phenoxy) is 1. The van der Waals surface area contributed by atoms with Gasteiger partial charge in [0.05, 0.1) is 16.6 Å². The maximum atomic E-state index is 10.6. The first kappa shape index (κ1) is 15.4. The van der Waals surface area contributed by atoms with Crippen LogP contribution in [0, 0.1) is 21.4 Å². The van der Waals surface area contributed by atoms with Gasteiger partial charge in [0, 0.05) is 17.7 Å². The van der Waals surface area contributed by atoms with Crippen molar-refractivity contribution >= 4 is 5.69 Å². The van der Waals surface area contributed by atoms with Crippen LogP contribution in [0.5, 0.6) is 11.6 Å². The third kappa shape index (κ3) is 3.38. The van der Waals surface area contributed by atoms with Crippen LogP contribution >= 0.6 is 0 Å². The molecule has 0 fully saturated rings. The molecule has 0 aliphatic heterocycles. The fourth-order valence-corrected chi connectivity index (χ4v) is 1.93. The summed E-state index contributed by atoms with van der Waals surface area (Å²) in [6.07, 6.45) is 1.15. The highest BCUT2D eigenvalue weighted by Gasteiger charge is 2.20. The molecule has 0 atom stereocenters. The Hall–Kier alpha value is -2.94. The van der Waals surface area contributed by atoms with Gasteiger partial charge in [0.2, 0.25) is 5.88 Å². The van der Waals surface area contributed by atoms with E-state index in [1.807, 2.05) is 20.8 Å². The number of hydrogen-bond acceptors (Lipinski definition) is 5. The van der Waals surface area contributed by atoms with Crippen molar-refractivity contribution in [2.24, 2.45) is 0 Å². The minimum absolute atomic E-state index is 0.0942. The lowest BCUT2D eigenvalue weighted by atomic mass is 9.85. The van der Waals surface area contributed by atoms with E-state index in [2.05, 4.69) is 11.1 Å². The summed E-state index contributed by atoms with van der Waals surface area (Å²) < 4.78 is 5.73. The van der Waals surface area contributed by atoms with E-state index < -0.39 is 4.92 Å². The first-order valence-corrected chi connectivity index (χ1v) is 6.64. The zero-order valence-corrected chi connectivity index (χ0v) is 12.5. The molecule has 0 saturated carbocycles. The number of benzene rings is 1. The van der Waals surface area contributed by atoms with Crippen LogP contribution in [-0.4, -0.2) is 9.91 Å². The Bertz CT molecular complexity index is 741. The summed E-state index contributed by atoms with van der Waals surface area (Å²) in [6.45, 7) is 6.04. The molecule has 0 amide bonds. The van der Waals surface area contributed by atoms with Crippen molar-refractivity contribution in [2.45, 2.75) is 26.2 Å². The smallest absolute Gasteiger partial charge is 0.287 e. The van der Waals surface area contributed by atoms with Gasteiger partial charge in [0.1, 0.15) is 11.9 Å². The van der Waals surface area contributed by atoms with E-state index in [1.54, 1.807) is 18.2 Å².